The summed E-state index contributed by atoms with van der Waals surface area (Å²) in [5.74, 6) is 0.678. The maximum absolute atomic E-state index is 12.8. The molecule has 5 nitrogen and oxygen atoms in total. The second kappa shape index (κ2) is 10.3. The largest absolute Gasteiger partial charge is 0.376 e. The summed E-state index contributed by atoms with van der Waals surface area (Å²) in [4.78, 5) is 14.7. The SMILES string of the molecule is CC(OCC1CCCCO1)C(=O)N1C[C@@H](CN)[C@H](c2ccccc2)C1.Cl. The van der Waals surface area contributed by atoms with Crippen molar-refractivity contribution in [2.45, 2.75) is 44.3 Å². The van der Waals surface area contributed by atoms with Crippen molar-refractivity contribution < 1.29 is 14.3 Å². The summed E-state index contributed by atoms with van der Waals surface area (Å²) in [5.41, 5.74) is 7.23. The lowest BCUT2D eigenvalue weighted by Gasteiger charge is -2.26. The van der Waals surface area contributed by atoms with Crippen molar-refractivity contribution in [3.8, 4) is 0 Å². The summed E-state index contributed by atoms with van der Waals surface area (Å²) in [7, 11) is 0. The Morgan fingerprint density at radius 2 is 2.08 bits per heavy atom. The average molecular weight is 383 g/mol. The zero-order valence-corrected chi connectivity index (χ0v) is 16.3. The quantitative estimate of drug-likeness (QED) is 0.821. The molecule has 0 spiro atoms. The number of amides is 1. The number of benzene rings is 1. The van der Waals surface area contributed by atoms with Crippen LogP contribution in [-0.2, 0) is 14.3 Å². The zero-order chi connectivity index (χ0) is 17.6. The van der Waals surface area contributed by atoms with Gasteiger partial charge >= 0.3 is 0 Å². The van der Waals surface area contributed by atoms with Crippen molar-refractivity contribution in [2.24, 2.45) is 11.7 Å². The molecule has 0 aliphatic carbocycles. The highest BCUT2D eigenvalue weighted by Gasteiger charge is 2.37. The fourth-order valence-electron chi connectivity index (χ4n) is 3.89. The second-order valence-electron chi connectivity index (χ2n) is 7.22. The molecule has 1 amide bonds. The molecule has 2 aliphatic rings. The van der Waals surface area contributed by atoms with Gasteiger partial charge in [0.05, 0.1) is 12.7 Å². The van der Waals surface area contributed by atoms with Crippen molar-refractivity contribution >= 4 is 18.3 Å². The van der Waals surface area contributed by atoms with E-state index in [1.807, 2.05) is 30.0 Å². The molecule has 1 aromatic carbocycles. The molecule has 0 radical (unpaired) electrons. The van der Waals surface area contributed by atoms with Crippen molar-refractivity contribution in [1.82, 2.24) is 4.90 Å². The Morgan fingerprint density at radius 3 is 2.73 bits per heavy atom. The van der Waals surface area contributed by atoms with Gasteiger partial charge in [-0.3, -0.25) is 4.79 Å². The van der Waals surface area contributed by atoms with E-state index in [0.717, 1.165) is 26.0 Å². The Kier molecular flexibility index (Phi) is 8.35. The number of hydrogen-bond donors (Lipinski definition) is 1. The molecule has 146 valence electrons. The number of ether oxygens (including phenoxy) is 2. The Labute approximate surface area is 162 Å². The minimum Gasteiger partial charge on any atom is -0.376 e. The number of carbonyl (C=O) groups is 1. The van der Waals surface area contributed by atoms with E-state index in [-0.39, 0.29) is 24.4 Å². The normalized spacial score (nSPS) is 27.0. The molecule has 2 heterocycles. The molecule has 26 heavy (non-hydrogen) atoms. The summed E-state index contributed by atoms with van der Waals surface area (Å²) in [6.07, 6.45) is 3.03. The van der Waals surface area contributed by atoms with Gasteiger partial charge in [0.1, 0.15) is 6.10 Å². The van der Waals surface area contributed by atoms with Crippen molar-refractivity contribution in [2.75, 3.05) is 32.8 Å². The number of hydrogen-bond acceptors (Lipinski definition) is 4. The first-order valence-corrected chi connectivity index (χ1v) is 9.46. The molecule has 1 aromatic rings. The predicted molar refractivity (Wildman–Crippen MR) is 105 cm³/mol. The third-order valence-electron chi connectivity index (χ3n) is 5.44. The summed E-state index contributed by atoms with van der Waals surface area (Å²) >= 11 is 0. The second-order valence-corrected chi connectivity index (χ2v) is 7.22. The third kappa shape index (κ3) is 5.19. The molecule has 4 atom stereocenters. The van der Waals surface area contributed by atoms with Gasteiger partial charge in [-0.1, -0.05) is 30.3 Å². The number of carbonyl (C=O) groups excluding carboxylic acids is 1. The van der Waals surface area contributed by atoms with Gasteiger partial charge in [0, 0.05) is 25.6 Å². The highest BCUT2D eigenvalue weighted by molar-refractivity contribution is 5.85. The summed E-state index contributed by atoms with van der Waals surface area (Å²) in [5, 5.41) is 0. The molecule has 6 heteroatoms. The van der Waals surface area contributed by atoms with Gasteiger partial charge in [0.15, 0.2) is 0 Å². The van der Waals surface area contributed by atoms with Crippen LogP contribution in [0.3, 0.4) is 0 Å². The maximum atomic E-state index is 12.8. The van der Waals surface area contributed by atoms with Crippen LogP contribution in [0.1, 0.15) is 37.7 Å². The Balaban J connectivity index is 0.00000243. The van der Waals surface area contributed by atoms with Crippen LogP contribution >= 0.6 is 12.4 Å². The monoisotopic (exact) mass is 382 g/mol. The van der Waals surface area contributed by atoms with E-state index in [4.69, 9.17) is 15.2 Å². The Bertz CT molecular complexity index is 551. The van der Waals surface area contributed by atoms with Crippen molar-refractivity contribution in [1.29, 1.82) is 0 Å². The summed E-state index contributed by atoms with van der Waals surface area (Å²) in [6, 6.07) is 10.4. The maximum Gasteiger partial charge on any atom is 0.251 e. The van der Waals surface area contributed by atoms with Gasteiger partial charge < -0.3 is 20.1 Å². The van der Waals surface area contributed by atoms with Gasteiger partial charge in [0.25, 0.3) is 5.91 Å². The van der Waals surface area contributed by atoms with E-state index in [0.29, 0.717) is 31.5 Å². The van der Waals surface area contributed by atoms with Gasteiger partial charge in [-0.05, 0) is 44.2 Å². The Hall–Kier alpha value is -1.14. The molecule has 3 rings (SSSR count). The van der Waals surface area contributed by atoms with Crippen LogP contribution < -0.4 is 5.73 Å². The van der Waals surface area contributed by atoms with E-state index in [9.17, 15) is 4.79 Å². The topological polar surface area (TPSA) is 64.8 Å². The number of nitrogens with zero attached hydrogens (tertiary/aromatic N) is 1. The summed E-state index contributed by atoms with van der Waals surface area (Å²) < 4.78 is 11.5. The highest BCUT2D eigenvalue weighted by Crippen LogP contribution is 2.32. The minimum absolute atomic E-state index is 0. The lowest BCUT2D eigenvalue weighted by Crippen LogP contribution is -2.39. The van der Waals surface area contributed by atoms with E-state index < -0.39 is 6.10 Å². The van der Waals surface area contributed by atoms with Crippen LogP contribution in [0.15, 0.2) is 30.3 Å². The van der Waals surface area contributed by atoms with Crippen LogP contribution in [0, 0.1) is 5.92 Å². The van der Waals surface area contributed by atoms with E-state index in [1.165, 1.54) is 12.0 Å². The van der Waals surface area contributed by atoms with Crippen LogP contribution in [0.4, 0.5) is 0 Å². The zero-order valence-electron chi connectivity index (χ0n) is 15.5. The predicted octanol–water partition coefficient (Wildman–Crippen LogP) is 2.58. The first kappa shape index (κ1) is 21.2. The molecule has 2 fully saturated rings. The van der Waals surface area contributed by atoms with Crippen LogP contribution in [0.2, 0.25) is 0 Å². The number of halogens is 1. The molecule has 0 aromatic heterocycles. The van der Waals surface area contributed by atoms with E-state index in [1.54, 1.807) is 0 Å². The highest BCUT2D eigenvalue weighted by atomic mass is 35.5. The van der Waals surface area contributed by atoms with Crippen LogP contribution in [0.5, 0.6) is 0 Å². The fourth-order valence-corrected chi connectivity index (χ4v) is 3.89. The molecule has 2 N–H and O–H groups in total. The van der Waals surface area contributed by atoms with Gasteiger partial charge in [-0.15, -0.1) is 12.4 Å². The number of rotatable bonds is 6. The van der Waals surface area contributed by atoms with E-state index >= 15 is 0 Å². The molecular weight excluding hydrogens is 352 g/mol. The summed E-state index contributed by atoms with van der Waals surface area (Å²) in [6.45, 7) is 5.18. The molecule has 2 unspecified atom stereocenters. The Morgan fingerprint density at radius 1 is 1.31 bits per heavy atom. The smallest absolute Gasteiger partial charge is 0.251 e. The average Bonchev–Trinajstić information content (AvgIpc) is 3.11. The van der Waals surface area contributed by atoms with Crippen molar-refractivity contribution in [3.05, 3.63) is 35.9 Å². The lowest BCUT2D eigenvalue weighted by molar-refractivity contribution is -0.145. The fraction of sp³-hybridized carbons (Fsp3) is 0.650. The van der Waals surface area contributed by atoms with Gasteiger partial charge in [0.2, 0.25) is 0 Å². The molecule has 0 bridgehead atoms. The van der Waals surface area contributed by atoms with Gasteiger partial charge in [-0.25, -0.2) is 0 Å². The van der Waals surface area contributed by atoms with Crippen LogP contribution in [0.25, 0.3) is 0 Å². The molecular formula is C20H31ClN2O3. The van der Waals surface area contributed by atoms with Gasteiger partial charge in [-0.2, -0.15) is 0 Å². The minimum atomic E-state index is -0.432. The van der Waals surface area contributed by atoms with E-state index in [2.05, 4.69) is 12.1 Å². The van der Waals surface area contributed by atoms with Crippen LogP contribution in [-0.4, -0.2) is 55.9 Å². The molecule has 2 aliphatic heterocycles. The third-order valence-corrected chi connectivity index (χ3v) is 5.44. The first-order valence-electron chi connectivity index (χ1n) is 9.46. The number of likely N-dealkylation sites (tertiary alicyclic amines) is 1. The lowest BCUT2D eigenvalue weighted by atomic mass is 9.89. The number of nitrogens with two attached hydrogens (primary N) is 1. The molecule has 2 saturated heterocycles. The first-order chi connectivity index (χ1) is 12.2. The van der Waals surface area contributed by atoms with Crippen molar-refractivity contribution in [3.63, 3.8) is 0 Å². The standard InChI is InChI=1S/C20H30N2O3.ClH/c1-15(25-14-18-9-5-6-10-24-18)20(23)22-12-17(11-21)19(13-22)16-7-3-2-4-8-16;/h2-4,7-8,15,17-19H,5-6,9-14,21H2,1H3;1H/t15?,17-,18?,19+;/m1./s1. The molecule has 0 saturated carbocycles.